The molecule has 38 heavy (non-hydrogen) atoms. The van der Waals surface area contributed by atoms with E-state index in [1.165, 1.54) is 11.0 Å². The SMILES string of the molecule is COc1cc(C=NNc2nncn2N=Cc2ccc(OCCC(C)C)c(OC)c2)ccc1OCCC(C)C. The van der Waals surface area contributed by atoms with E-state index in [2.05, 4.69) is 53.5 Å². The van der Waals surface area contributed by atoms with Crippen LogP contribution < -0.4 is 24.4 Å². The number of nitrogens with one attached hydrogen (secondary N) is 1. The summed E-state index contributed by atoms with van der Waals surface area (Å²) in [6.45, 7) is 9.94. The fourth-order valence-corrected chi connectivity index (χ4v) is 3.26. The average molecular weight is 523 g/mol. The van der Waals surface area contributed by atoms with Gasteiger partial charge in [0.1, 0.15) is 6.33 Å². The molecule has 204 valence electrons. The van der Waals surface area contributed by atoms with Crippen LogP contribution in [0.2, 0.25) is 0 Å². The molecule has 2 aromatic carbocycles. The van der Waals surface area contributed by atoms with Gasteiger partial charge in [0.2, 0.25) is 0 Å². The van der Waals surface area contributed by atoms with Crippen molar-refractivity contribution in [3.63, 3.8) is 0 Å². The Hall–Kier alpha value is -4.08. The number of rotatable bonds is 15. The molecule has 1 heterocycles. The summed E-state index contributed by atoms with van der Waals surface area (Å²) < 4.78 is 24.1. The molecule has 3 aromatic rings. The summed E-state index contributed by atoms with van der Waals surface area (Å²) >= 11 is 0. The van der Waals surface area contributed by atoms with Gasteiger partial charge in [-0.25, -0.2) is 5.43 Å². The van der Waals surface area contributed by atoms with E-state index in [-0.39, 0.29) is 0 Å². The van der Waals surface area contributed by atoms with Crippen LogP contribution in [0.5, 0.6) is 23.0 Å². The number of hydrogen-bond donors (Lipinski definition) is 1. The monoisotopic (exact) mass is 522 g/mol. The molecule has 0 aliphatic rings. The number of hydrazone groups is 1. The maximum absolute atomic E-state index is 5.86. The van der Waals surface area contributed by atoms with Crippen LogP contribution in [-0.4, -0.2) is 54.7 Å². The first kappa shape index (κ1) is 28.5. The lowest BCUT2D eigenvalue weighted by Crippen LogP contribution is -2.03. The molecule has 1 N–H and O–H groups in total. The predicted octanol–water partition coefficient (Wildman–Crippen LogP) is 5.47. The lowest BCUT2D eigenvalue weighted by atomic mass is 10.1. The van der Waals surface area contributed by atoms with Crippen molar-refractivity contribution in [2.24, 2.45) is 22.0 Å². The van der Waals surface area contributed by atoms with Crippen LogP contribution in [0.25, 0.3) is 0 Å². The molecule has 0 saturated heterocycles. The Morgan fingerprint density at radius 1 is 0.816 bits per heavy atom. The van der Waals surface area contributed by atoms with Gasteiger partial charge < -0.3 is 18.9 Å². The topological polar surface area (TPSA) is 104 Å². The van der Waals surface area contributed by atoms with Crippen molar-refractivity contribution in [2.75, 3.05) is 32.9 Å². The van der Waals surface area contributed by atoms with E-state index >= 15 is 0 Å². The maximum atomic E-state index is 5.86. The van der Waals surface area contributed by atoms with Gasteiger partial charge in [0, 0.05) is 0 Å². The van der Waals surface area contributed by atoms with Crippen molar-refractivity contribution in [1.29, 1.82) is 0 Å². The zero-order valence-electron chi connectivity index (χ0n) is 23.0. The van der Waals surface area contributed by atoms with E-state index in [0.717, 1.165) is 24.0 Å². The summed E-state index contributed by atoms with van der Waals surface area (Å²) in [6.07, 6.45) is 6.78. The third-order valence-electron chi connectivity index (χ3n) is 5.52. The third kappa shape index (κ3) is 8.79. The Morgan fingerprint density at radius 3 is 1.89 bits per heavy atom. The number of benzene rings is 2. The first-order chi connectivity index (χ1) is 18.4. The van der Waals surface area contributed by atoms with Crippen LogP contribution in [0.15, 0.2) is 52.9 Å². The molecule has 0 spiro atoms. The Morgan fingerprint density at radius 2 is 1.37 bits per heavy atom. The zero-order valence-corrected chi connectivity index (χ0v) is 23.0. The smallest absolute Gasteiger partial charge is 0.265 e. The molecule has 1 aromatic heterocycles. The van der Waals surface area contributed by atoms with Crippen molar-refractivity contribution in [3.05, 3.63) is 53.9 Å². The van der Waals surface area contributed by atoms with Crippen LogP contribution in [-0.2, 0) is 0 Å². The lowest BCUT2D eigenvalue weighted by molar-refractivity contribution is 0.273. The molecule has 0 atom stereocenters. The number of methoxy groups -OCH3 is 2. The number of hydrogen-bond acceptors (Lipinski definition) is 9. The molecule has 0 aliphatic heterocycles. The molecule has 10 heteroatoms. The van der Waals surface area contributed by atoms with Crippen molar-refractivity contribution in [2.45, 2.75) is 40.5 Å². The third-order valence-corrected chi connectivity index (χ3v) is 5.52. The van der Waals surface area contributed by atoms with Gasteiger partial charge in [0.25, 0.3) is 5.95 Å². The Balaban J connectivity index is 1.61. The molecular weight excluding hydrogens is 484 g/mol. The summed E-state index contributed by atoms with van der Waals surface area (Å²) in [4.78, 5) is 0. The van der Waals surface area contributed by atoms with Crippen molar-refractivity contribution in [3.8, 4) is 23.0 Å². The van der Waals surface area contributed by atoms with Gasteiger partial charge in [0.05, 0.1) is 39.9 Å². The van der Waals surface area contributed by atoms with Crippen LogP contribution >= 0.6 is 0 Å². The second kappa shape index (κ2) is 14.6. The summed E-state index contributed by atoms with van der Waals surface area (Å²) in [5.41, 5.74) is 4.54. The van der Waals surface area contributed by atoms with E-state index in [1.54, 1.807) is 26.6 Å². The summed E-state index contributed by atoms with van der Waals surface area (Å²) in [7, 11) is 3.24. The first-order valence-corrected chi connectivity index (χ1v) is 12.7. The van der Waals surface area contributed by atoms with Gasteiger partial charge in [-0.3, -0.25) is 0 Å². The molecule has 0 radical (unpaired) electrons. The van der Waals surface area contributed by atoms with Crippen molar-refractivity contribution < 1.29 is 18.9 Å². The van der Waals surface area contributed by atoms with Crippen LogP contribution in [0.4, 0.5) is 5.95 Å². The molecule has 3 rings (SSSR count). The highest BCUT2D eigenvalue weighted by Crippen LogP contribution is 2.29. The Labute approximate surface area is 224 Å². The quantitative estimate of drug-likeness (QED) is 0.208. The number of nitrogens with zero attached hydrogens (tertiary/aromatic N) is 5. The van der Waals surface area contributed by atoms with Crippen LogP contribution in [0.3, 0.4) is 0 Å². The maximum Gasteiger partial charge on any atom is 0.265 e. The fraction of sp³-hybridized carbons (Fsp3) is 0.429. The number of anilines is 1. The van der Waals surface area contributed by atoms with E-state index in [4.69, 9.17) is 18.9 Å². The van der Waals surface area contributed by atoms with Gasteiger partial charge in [-0.15, -0.1) is 10.2 Å². The largest absolute Gasteiger partial charge is 0.493 e. The summed E-state index contributed by atoms with van der Waals surface area (Å²) in [6, 6.07) is 11.3. The normalized spacial score (nSPS) is 11.6. The standard InChI is InChI=1S/C28H38N6O4/c1-20(2)11-13-37-24-9-7-22(15-26(24)35-5)17-29-32-28-33-30-19-34(28)31-18-23-8-10-25(27(16-23)36-6)38-14-12-21(3)4/h7-10,15-21H,11-14H2,1-6H3,(H,32,33). The van der Waals surface area contributed by atoms with Crippen LogP contribution in [0, 0.1) is 11.8 Å². The fourth-order valence-electron chi connectivity index (χ4n) is 3.26. The molecule has 0 aliphatic carbocycles. The highest BCUT2D eigenvalue weighted by molar-refractivity contribution is 5.82. The molecule has 0 bridgehead atoms. The first-order valence-electron chi connectivity index (χ1n) is 12.7. The Bertz CT molecular complexity index is 1210. The lowest BCUT2D eigenvalue weighted by Gasteiger charge is -2.12. The minimum absolute atomic E-state index is 0.360. The highest BCUT2D eigenvalue weighted by atomic mass is 16.5. The minimum Gasteiger partial charge on any atom is -0.493 e. The van der Waals surface area contributed by atoms with Gasteiger partial charge in [-0.2, -0.15) is 14.9 Å². The molecule has 0 saturated carbocycles. The molecule has 10 nitrogen and oxygen atoms in total. The number of ether oxygens (including phenoxy) is 4. The predicted molar refractivity (Wildman–Crippen MR) is 150 cm³/mol. The van der Waals surface area contributed by atoms with Gasteiger partial charge in [-0.05, 0) is 72.2 Å². The minimum atomic E-state index is 0.360. The van der Waals surface area contributed by atoms with E-state index in [0.29, 0.717) is 54.0 Å². The summed E-state index contributed by atoms with van der Waals surface area (Å²) in [5, 5.41) is 16.6. The van der Waals surface area contributed by atoms with Gasteiger partial charge >= 0.3 is 0 Å². The highest BCUT2D eigenvalue weighted by Gasteiger charge is 2.08. The molecule has 0 unspecified atom stereocenters. The second-order valence-electron chi connectivity index (χ2n) is 9.50. The second-order valence-corrected chi connectivity index (χ2v) is 9.50. The van der Waals surface area contributed by atoms with Gasteiger partial charge in [0.15, 0.2) is 23.0 Å². The van der Waals surface area contributed by atoms with Gasteiger partial charge in [-0.1, -0.05) is 27.7 Å². The van der Waals surface area contributed by atoms with E-state index in [1.807, 2.05) is 36.4 Å². The summed E-state index contributed by atoms with van der Waals surface area (Å²) in [5.74, 6) is 4.22. The molecule has 0 fully saturated rings. The average Bonchev–Trinajstić information content (AvgIpc) is 3.35. The van der Waals surface area contributed by atoms with Crippen molar-refractivity contribution >= 4 is 18.4 Å². The zero-order chi connectivity index (χ0) is 27.3. The van der Waals surface area contributed by atoms with Crippen molar-refractivity contribution in [1.82, 2.24) is 14.9 Å². The number of aromatic nitrogens is 3. The van der Waals surface area contributed by atoms with Crippen LogP contribution in [0.1, 0.15) is 51.7 Å². The van der Waals surface area contributed by atoms with E-state index < -0.39 is 0 Å². The van der Waals surface area contributed by atoms with E-state index in [9.17, 15) is 0 Å². The molecular formula is C28H38N6O4. The Kier molecular flexibility index (Phi) is 11.0. The molecule has 0 amide bonds.